The lowest BCUT2D eigenvalue weighted by Gasteiger charge is -2.06. The molecule has 0 aliphatic heterocycles. The van der Waals surface area contributed by atoms with Gasteiger partial charge in [-0.15, -0.1) is 0 Å². The zero-order valence-electron chi connectivity index (χ0n) is 10.0. The monoisotopic (exact) mass is 235 g/mol. The third-order valence-electron chi connectivity index (χ3n) is 2.07. The molecule has 0 radical (unpaired) electrons. The van der Waals surface area contributed by atoms with Crippen molar-refractivity contribution >= 4 is 5.97 Å². The van der Waals surface area contributed by atoms with E-state index in [0.29, 0.717) is 18.8 Å². The minimum atomic E-state index is -0.398. The van der Waals surface area contributed by atoms with E-state index in [0.717, 1.165) is 12.1 Å². The van der Waals surface area contributed by atoms with Crippen LogP contribution in [-0.4, -0.2) is 30.8 Å². The Morgan fingerprint density at radius 1 is 1.47 bits per heavy atom. The van der Waals surface area contributed by atoms with Crippen LogP contribution in [0.1, 0.15) is 12.6 Å². The first-order valence-corrected chi connectivity index (χ1v) is 5.56. The second kappa shape index (κ2) is 7.57. The molecular weight excluding hydrogens is 218 g/mol. The molecule has 0 aliphatic rings. The van der Waals surface area contributed by atoms with Crippen LogP contribution in [0.4, 0.5) is 0 Å². The van der Waals surface area contributed by atoms with Gasteiger partial charge in [0.15, 0.2) is 0 Å². The Kier molecular flexibility index (Phi) is 5.96. The number of hydrogen-bond donors (Lipinski definition) is 0. The molecule has 0 fully saturated rings. The molecule has 1 rings (SSSR count). The summed E-state index contributed by atoms with van der Waals surface area (Å²) < 4.78 is 10.1. The Morgan fingerprint density at radius 2 is 2.29 bits per heavy atom. The number of esters is 1. The molecule has 17 heavy (non-hydrogen) atoms. The van der Waals surface area contributed by atoms with Crippen molar-refractivity contribution in [3.63, 3.8) is 0 Å². The predicted octanol–water partition coefficient (Wildman–Crippen LogP) is 1.76. The second-order valence-corrected chi connectivity index (χ2v) is 3.45. The van der Waals surface area contributed by atoms with Crippen molar-refractivity contribution in [2.45, 2.75) is 13.3 Å². The van der Waals surface area contributed by atoms with Crippen LogP contribution in [0.3, 0.4) is 0 Å². The van der Waals surface area contributed by atoms with Gasteiger partial charge in [-0.25, -0.2) is 4.79 Å². The number of ether oxygens (including phenoxy) is 2. The lowest BCUT2D eigenvalue weighted by Crippen LogP contribution is -2.12. The van der Waals surface area contributed by atoms with Gasteiger partial charge in [0.1, 0.15) is 0 Å². The van der Waals surface area contributed by atoms with Gasteiger partial charge in [-0.1, -0.05) is 12.6 Å². The fourth-order valence-corrected chi connectivity index (χ4v) is 1.21. The van der Waals surface area contributed by atoms with Gasteiger partial charge in [0.05, 0.1) is 25.4 Å². The number of rotatable bonds is 7. The molecule has 1 aromatic heterocycles. The summed E-state index contributed by atoms with van der Waals surface area (Å²) in [7, 11) is 0. The molecule has 0 N–H and O–H groups in total. The van der Waals surface area contributed by atoms with Gasteiger partial charge in [-0.2, -0.15) is 0 Å². The maximum Gasteiger partial charge on any atom is 0.335 e. The van der Waals surface area contributed by atoms with Crippen molar-refractivity contribution < 1.29 is 14.3 Å². The molecule has 0 saturated heterocycles. The Morgan fingerprint density at radius 3 is 2.94 bits per heavy atom. The lowest BCUT2D eigenvalue weighted by molar-refractivity contribution is -0.139. The van der Waals surface area contributed by atoms with Crippen LogP contribution >= 0.6 is 0 Å². The first-order chi connectivity index (χ1) is 8.24. The van der Waals surface area contributed by atoms with Crippen LogP contribution in [0.25, 0.3) is 0 Å². The average molecular weight is 235 g/mol. The lowest BCUT2D eigenvalue weighted by atomic mass is 10.3. The molecular formula is C13H17NO3. The third-order valence-corrected chi connectivity index (χ3v) is 2.07. The third kappa shape index (κ3) is 5.26. The van der Waals surface area contributed by atoms with Crippen molar-refractivity contribution in [1.29, 1.82) is 0 Å². The summed E-state index contributed by atoms with van der Waals surface area (Å²) in [6, 6.07) is 5.73. The van der Waals surface area contributed by atoms with Gasteiger partial charge in [0, 0.05) is 18.3 Å². The highest BCUT2D eigenvalue weighted by molar-refractivity contribution is 5.87. The van der Waals surface area contributed by atoms with Crippen molar-refractivity contribution in [1.82, 2.24) is 4.98 Å². The number of nitrogens with zero attached hydrogens (tertiary/aromatic N) is 1. The van der Waals surface area contributed by atoms with Gasteiger partial charge >= 0.3 is 5.97 Å². The van der Waals surface area contributed by atoms with E-state index in [-0.39, 0.29) is 6.61 Å². The minimum Gasteiger partial charge on any atom is -0.463 e. The van der Waals surface area contributed by atoms with E-state index in [9.17, 15) is 4.79 Å². The molecule has 4 nitrogen and oxygen atoms in total. The molecule has 92 valence electrons. The summed E-state index contributed by atoms with van der Waals surface area (Å²) in [4.78, 5) is 15.4. The summed E-state index contributed by atoms with van der Waals surface area (Å²) in [6.07, 6.45) is 2.46. The summed E-state index contributed by atoms with van der Waals surface area (Å²) in [5, 5.41) is 0. The van der Waals surface area contributed by atoms with Crippen LogP contribution in [0.5, 0.6) is 0 Å². The molecule has 0 atom stereocenters. The molecule has 1 heterocycles. The fraction of sp³-hybridized carbons (Fsp3) is 0.385. The van der Waals surface area contributed by atoms with Gasteiger partial charge in [0.2, 0.25) is 0 Å². The molecule has 0 saturated carbocycles. The summed E-state index contributed by atoms with van der Waals surface area (Å²) in [6.45, 7) is 6.42. The topological polar surface area (TPSA) is 48.4 Å². The summed E-state index contributed by atoms with van der Waals surface area (Å²) >= 11 is 0. The normalized spacial score (nSPS) is 9.94. The van der Waals surface area contributed by atoms with Gasteiger partial charge < -0.3 is 9.47 Å². The van der Waals surface area contributed by atoms with Gasteiger partial charge in [-0.05, 0) is 19.1 Å². The van der Waals surface area contributed by atoms with E-state index in [1.165, 1.54) is 0 Å². The number of pyridine rings is 1. The SMILES string of the molecule is C=C(COCCc1ccccn1)C(=O)OCC. The highest BCUT2D eigenvalue weighted by Crippen LogP contribution is 1.99. The Balaban J connectivity index is 2.16. The van der Waals surface area contributed by atoms with Crippen LogP contribution in [-0.2, 0) is 20.7 Å². The minimum absolute atomic E-state index is 0.200. The van der Waals surface area contributed by atoms with Crippen molar-refractivity contribution in [3.8, 4) is 0 Å². The predicted molar refractivity (Wildman–Crippen MR) is 64.5 cm³/mol. The first-order valence-electron chi connectivity index (χ1n) is 5.56. The van der Waals surface area contributed by atoms with Gasteiger partial charge in [-0.3, -0.25) is 4.98 Å². The van der Waals surface area contributed by atoms with E-state index in [1.54, 1.807) is 13.1 Å². The number of hydrogen-bond acceptors (Lipinski definition) is 4. The maximum absolute atomic E-state index is 11.2. The van der Waals surface area contributed by atoms with E-state index >= 15 is 0 Å². The van der Waals surface area contributed by atoms with E-state index < -0.39 is 5.97 Å². The summed E-state index contributed by atoms with van der Waals surface area (Å²) in [5.74, 6) is -0.398. The Hall–Kier alpha value is -1.68. The zero-order valence-corrected chi connectivity index (χ0v) is 10.0. The summed E-state index contributed by atoms with van der Waals surface area (Å²) in [5.41, 5.74) is 1.31. The Labute approximate surface area is 101 Å². The van der Waals surface area contributed by atoms with Crippen LogP contribution < -0.4 is 0 Å². The van der Waals surface area contributed by atoms with Crippen molar-refractivity contribution in [3.05, 3.63) is 42.2 Å². The quantitative estimate of drug-likeness (QED) is 0.410. The van der Waals surface area contributed by atoms with Crippen LogP contribution in [0.2, 0.25) is 0 Å². The number of carbonyl (C=O) groups excluding carboxylic acids is 1. The Bertz CT molecular complexity index is 362. The number of aromatic nitrogens is 1. The molecule has 1 aromatic rings. The molecule has 0 amide bonds. The maximum atomic E-state index is 11.2. The second-order valence-electron chi connectivity index (χ2n) is 3.45. The molecule has 0 unspecified atom stereocenters. The van der Waals surface area contributed by atoms with E-state index in [4.69, 9.17) is 9.47 Å². The smallest absolute Gasteiger partial charge is 0.335 e. The highest BCUT2D eigenvalue weighted by atomic mass is 16.5. The molecule has 0 bridgehead atoms. The molecule has 0 spiro atoms. The fourth-order valence-electron chi connectivity index (χ4n) is 1.21. The standard InChI is InChI=1S/C13H17NO3/c1-3-17-13(15)11(2)10-16-9-7-12-6-4-5-8-14-12/h4-6,8H,2-3,7,9-10H2,1H3. The van der Waals surface area contributed by atoms with Crippen molar-refractivity contribution in [2.24, 2.45) is 0 Å². The molecule has 4 heteroatoms. The molecule has 0 aliphatic carbocycles. The van der Waals surface area contributed by atoms with Crippen molar-refractivity contribution in [2.75, 3.05) is 19.8 Å². The zero-order chi connectivity index (χ0) is 12.5. The van der Waals surface area contributed by atoms with Gasteiger partial charge in [0.25, 0.3) is 0 Å². The molecule has 0 aromatic carbocycles. The highest BCUT2D eigenvalue weighted by Gasteiger charge is 2.07. The van der Waals surface area contributed by atoms with Crippen LogP contribution in [0, 0.1) is 0 Å². The first kappa shape index (κ1) is 13.4. The largest absolute Gasteiger partial charge is 0.463 e. The average Bonchev–Trinajstić information content (AvgIpc) is 2.36. The van der Waals surface area contributed by atoms with E-state index in [2.05, 4.69) is 11.6 Å². The number of carbonyl (C=O) groups is 1. The van der Waals surface area contributed by atoms with E-state index in [1.807, 2.05) is 18.2 Å². The van der Waals surface area contributed by atoms with Crippen LogP contribution in [0.15, 0.2) is 36.5 Å².